The number of hydrogen-bond donors (Lipinski definition) is 1. The van der Waals surface area contributed by atoms with Gasteiger partial charge in [-0.2, -0.15) is 0 Å². The summed E-state index contributed by atoms with van der Waals surface area (Å²) in [7, 11) is 0. The van der Waals surface area contributed by atoms with E-state index in [0.29, 0.717) is 0 Å². The van der Waals surface area contributed by atoms with Crippen molar-refractivity contribution in [1.29, 1.82) is 0 Å². The average molecular weight is 224 g/mol. The molecule has 2 saturated heterocycles. The van der Waals surface area contributed by atoms with Gasteiger partial charge in [0.05, 0.1) is 0 Å². The van der Waals surface area contributed by atoms with Crippen LogP contribution in [0.25, 0.3) is 0 Å². The van der Waals surface area contributed by atoms with E-state index in [-0.39, 0.29) is 0 Å². The maximum atomic E-state index is 3.55. The van der Waals surface area contributed by atoms with Gasteiger partial charge in [-0.1, -0.05) is 13.8 Å². The zero-order valence-corrected chi connectivity index (χ0v) is 11.2. The number of likely N-dealkylation sites (tertiary alicyclic amines) is 1. The van der Waals surface area contributed by atoms with Crippen LogP contribution in [-0.2, 0) is 0 Å². The summed E-state index contributed by atoms with van der Waals surface area (Å²) in [5.41, 5.74) is 0. The highest BCUT2D eigenvalue weighted by molar-refractivity contribution is 4.82. The Morgan fingerprint density at radius 2 is 2.12 bits per heavy atom. The van der Waals surface area contributed by atoms with Gasteiger partial charge in [-0.3, -0.25) is 0 Å². The van der Waals surface area contributed by atoms with E-state index < -0.39 is 0 Å². The van der Waals surface area contributed by atoms with E-state index >= 15 is 0 Å². The molecule has 0 radical (unpaired) electrons. The van der Waals surface area contributed by atoms with Crippen LogP contribution in [0.4, 0.5) is 0 Å². The minimum absolute atomic E-state index is 0.738. The fourth-order valence-corrected chi connectivity index (χ4v) is 3.34. The van der Waals surface area contributed by atoms with Crippen LogP contribution in [0.15, 0.2) is 0 Å². The predicted molar refractivity (Wildman–Crippen MR) is 69.6 cm³/mol. The largest absolute Gasteiger partial charge is 0.314 e. The topological polar surface area (TPSA) is 15.3 Å². The summed E-state index contributed by atoms with van der Waals surface area (Å²) >= 11 is 0. The van der Waals surface area contributed by atoms with Gasteiger partial charge in [0.2, 0.25) is 0 Å². The molecule has 16 heavy (non-hydrogen) atoms. The molecule has 1 N–H and O–H groups in total. The lowest BCUT2D eigenvalue weighted by atomic mass is 9.92. The van der Waals surface area contributed by atoms with Crippen LogP contribution < -0.4 is 5.32 Å². The highest BCUT2D eigenvalue weighted by atomic mass is 15.1. The SMILES string of the molecule is CC1CC(CN2CCC(C(C)C)C2)CCN1. The first-order chi connectivity index (χ1) is 7.65. The summed E-state index contributed by atoms with van der Waals surface area (Å²) in [6.07, 6.45) is 4.19. The molecule has 2 heterocycles. The van der Waals surface area contributed by atoms with E-state index in [1.54, 1.807) is 0 Å². The maximum Gasteiger partial charge on any atom is 0.00418 e. The van der Waals surface area contributed by atoms with Crippen molar-refractivity contribution in [3.63, 3.8) is 0 Å². The van der Waals surface area contributed by atoms with Gasteiger partial charge in [0.1, 0.15) is 0 Å². The molecule has 3 atom stereocenters. The highest BCUT2D eigenvalue weighted by Gasteiger charge is 2.27. The van der Waals surface area contributed by atoms with E-state index in [2.05, 4.69) is 31.0 Å². The Morgan fingerprint density at radius 1 is 1.31 bits per heavy atom. The zero-order chi connectivity index (χ0) is 11.5. The molecule has 0 aromatic rings. The van der Waals surface area contributed by atoms with Gasteiger partial charge >= 0.3 is 0 Å². The van der Waals surface area contributed by atoms with Crippen molar-refractivity contribution in [3.05, 3.63) is 0 Å². The summed E-state index contributed by atoms with van der Waals surface area (Å²) in [4.78, 5) is 2.72. The minimum Gasteiger partial charge on any atom is -0.314 e. The van der Waals surface area contributed by atoms with Crippen molar-refractivity contribution in [1.82, 2.24) is 10.2 Å². The van der Waals surface area contributed by atoms with Crippen molar-refractivity contribution >= 4 is 0 Å². The van der Waals surface area contributed by atoms with Crippen molar-refractivity contribution in [2.24, 2.45) is 17.8 Å². The zero-order valence-electron chi connectivity index (χ0n) is 11.2. The normalized spacial score (nSPS) is 37.1. The standard InChI is InChI=1S/C14H28N2/c1-11(2)14-5-7-16(10-14)9-13-4-6-15-12(3)8-13/h11-15H,4-10H2,1-3H3. The first-order valence-electron chi connectivity index (χ1n) is 7.11. The second kappa shape index (κ2) is 5.50. The van der Waals surface area contributed by atoms with Crippen LogP contribution in [0.1, 0.15) is 40.0 Å². The van der Waals surface area contributed by atoms with Gasteiger partial charge in [-0.05, 0) is 57.0 Å². The first-order valence-corrected chi connectivity index (χ1v) is 7.11. The third kappa shape index (κ3) is 3.21. The van der Waals surface area contributed by atoms with Crippen LogP contribution in [0.2, 0.25) is 0 Å². The third-order valence-corrected chi connectivity index (χ3v) is 4.50. The fraction of sp³-hybridized carbons (Fsp3) is 1.00. The van der Waals surface area contributed by atoms with Gasteiger partial charge in [0, 0.05) is 19.1 Å². The number of piperidine rings is 1. The van der Waals surface area contributed by atoms with Crippen LogP contribution in [0.3, 0.4) is 0 Å². The van der Waals surface area contributed by atoms with Crippen LogP contribution in [0, 0.1) is 17.8 Å². The van der Waals surface area contributed by atoms with Gasteiger partial charge < -0.3 is 10.2 Å². The Morgan fingerprint density at radius 3 is 2.75 bits per heavy atom. The van der Waals surface area contributed by atoms with Gasteiger partial charge in [0.15, 0.2) is 0 Å². The van der Waals surface area contributed by atoms with E-state index in [9.17, 15) is 0 Å². The lowest BCUT2D eigenvalue weighted by Gasteiger charge is -2.31. The smallest absolute Gasteiger partial charge is 0.00418 e. The van der Waals surface area contributed by atoms with Crippen molar-refractivity contribution in [2.45, 2.75) is 46.1 Å². The molecule has 94 valence electrons. The Kier molecular flexibility index (Phi) is 4.26. The Labute approximate surface area is 101 Å². The van der Waals surface area contributed by atoms with Crippen molar-refractivity contribution in [2.75, 3.05) is 26.2 Å². The minimum atomic E-state index is 0.738. The molecule has 0 amide bonds. The molecular formula is C14H28N2. The summed E-state index contributed by atoms with van der Waals surface area (Å²) < 4.78 is 0. The highest BCUT2D eigenvalue weighted by Crippen LogP contribution is 2.26. The van der Waals surface area contributed by atoms with Crippen LogP contribution in [0.5, 0.6) is 0 Å². The monoisotopic (exact) mass is 224 g/mol. The molecule has 2 fully saturated rings. The number of rotatable bonds is 3. The molecule has 2 aliphatic heterocycles. The Bertz CT molecular complexity index is 215. The summed E-state index contributed by atoms with van der Waals surface area (Å²) in [6, 6.07) is 0.738. The Hall–Kier alpha value is -0.0800. The molecule has 3 unspecified atom stereocenters. The van der Waals surface area contributed by atoms with E-state index in [0.717, 1.165) is 23.8 Å². The van der Waals surface area contributed by atoms with E-state index in [4.69, 9.17) is 0 Å². The molecule has 2 heteroatoms. The summed E-state index contributed by atoms with van der Waals surface area (Å²) in [6.45, 7) is 12.4. The second-order valence-electron chi connectivity index (χ2n) is 6.30. The van der Waals surface area contributed by atoms with Crippen molar-refractivity contribution in [3.8, 4) is 0 Å². The molecule has 0 aliphatic carbocycles. The van der Waals surface area contributed by atoms with Gasteiger partial charge in [0.25, 0.3) is 0 Å². The molecule has 2 rings (SSSR count). The van der Waals surface area contributed by atoms with E-state index in [1.165, 1.54) is 45.4 Å². The summed E-state index contributed by atoms with van der Waals surface area (Å²) in [5.74, 6) is 2.78. The lowest BCUT2D eigenvalue weighted by Crippen LogP contribution is -2.40. The summed E-state index contributed by atoms with van der Waals surface area (Å²) in [5, 5.41) is 3.55. The number of nitrogens with zero attached hydrogens (tertiary/aromatic N) is 1. The van der Waals surface area contributed by atoms with Crippen LogP contribution >= 0.6 is 0 Å². The fourth-order valence-electron chi connectivity index (χ4n) is 3.34. The molecule has 0 bridgehead atoms. The molecule has 2 nitrogen and oxygen atoms in total. The molecule has 0 aromatic heterocycles. The number of nitrogens with one attached hydrogen (secondary N) is 1. The molecule has 2 aliphatic rings. The van der Waals surface area contributed by atoms with Crippen molar-refractivity contribution < 1.29 is 0 Å². The molecule has 0 spiro atoms. The second-order valence-corrected chi connectivity index (χ2v) is 6.30. The molecule has 0 aromatic carbocycles. The lowest BCUT2D eigenvalue weighted by molar-refractivity contribution is 0.210. The maximum absolute atomic E-state index is 3.55. The molecular weight excluding hydrogens is 196 g/mol. The first kappa shape index (κ1) is 12.4. The average Bonchev–Trinajstić information content (AvgIpc) is 2.66. The van der Waals surface area contributed by atoms with Gasteiger partial charge in [-0.15, -0.1) is 0 Å². The quantitative estimate of drug-likeness (QED) is 0.791. The number of hydrogen-bond acceptors (Lipinski definition) is 2. The van der Waals surface area contributed by atoms with E-state index in [1.807, 2.05) is 0 Å². The predicted octanol–water partition coefficient (Wildman–Crippen LogP) is 2.35. The van der Waals surface area contributed by atoms with Gasteiger partial charge in [-0.25, -0.2) is 0 Å². The molecule has 0 saturated carbocycles. The Balaban J connectivity index is 1.74. The van der Waals surface area contributed by atoms with Crippen LogP contribution in [-0.4, -0.2) is 37.1 Å². The third-order valence-electron chi connectivity index (χ3n) is 4.50.